The van der Waals surface area contributed by atoms with Crippen molar-refractivity contribution in [2.24, 2.45) is 0 Å². The minimum Gasteiger partial charge on any atom is -0.394 e. The Labute approximate surface area is 328 Å². The van der Waals surface area contributed by atoms with E-state index >= 15 is 0 Å². The molecule has 2 aliphatic rings. The van der Waals surface area contributed by atoms with E-state index in [9.17, 15) is 45.6 Å². The van der Waals surface area contributed by atoms with E-state index < -0.39 is 86.8 Å². The Kier molecular flexibility index (Phi) is 26.4. The van der Waals surface area contributed by atoms with Gasteiger partial charge in [0.15, 0.2) is 12.6 Å². The first-order valence-electron chi connectivity index (χ1n) is 20.7. The Morgan fingerprint density at radius 1 is 0.636 bits per heavy atom. The molecule has 0 aromatic carbocycles. The highest BCUT2D eigenvalue weighted by atomic mass is 16.7. The molecule has 0 saturated carbocycles. The predicted molar refractivity (Wildman–Crippen MR) is 208 cm³/mol. The van der Waals surface area contributed by atoms with Crippen molar-refractivity contribution >= 4 is 5.91 Å². The van der Waals surface area contributed by atoms with Crippen LogP contribution in [0.5, 0.6) is 0 Å². The molecule has 2 fully saturated rings. The topological polar surface area (TPSA) is 228 Å². The molecule has 2 aliphatic heterocycles. The molecule has 2 rings (SSSR count). The maximum Gasteiger partial charge on any atom is 0.220 e. The Bertz CT molecular complexity index is 1070. The highest BCUT2D eigenvalue weighted by molar-refractivity contribution is 5.76. The molecule has 1 amide bonds. The summed E-state index contributed by atoms with van der Waals surface area (Å²) in [5.41, 5.74) is 0. The van der Waals surface area contributed by atoms with Crippen LogP contribution in [0.1, 0.15) is 123 Å². The normalized spacial score (nSPS) is 30.1. The van der Waals surface area contributed by atoms with Gasteiger partial charge < -0.3 is 65.1 Å². The number of allylic oxidation sites excluding steroid dienone is 5. The number of nitrogens with one attached hydrogen (secondary N) is 1. The molecule has 14 heteroatoms. The Hall–Kier alpha value is -1.79. The van der Waals surface area contributed by atoms with E-state index in [1.807, 2.05) is 6.08 Å². The summed E-state index contributed by atoms with van der Waals surface area (Å²) in [5.74, 6) is -0.267. The van der Waals surface area contributed by atoms with Crippen molar-refractivity contribution in [3.63, 3.8) is 0 Å². The fraction of sp³-hybridized carbons (Fsp3) is 0.829. The highest BCUT2D eigenvalue weighted by Crippen LogP contribution is 2.29. The summed E-state index contributed by atoms with van der Waals surface area (Å²) in [5, 5.41) is 86.1. The SMILES string of the molecule is CCC/C=C\CCCCCCCC(=O)NC(COC1OC(CO)C(OC2OC(CO)C(O)C(O)C2O)C(O)C1O)C(O)/C=C/CC/C=C/CCCCCCC. The van der Waals surface area contributed by atoms with Gasteiger partial charge in [-0.25, -0.2) is 0 Å². The lowest BCUT2D eigenvalue weighted by Crippen LogP contribution is -2.65. The lowest BCUT2D eigenvalue weighted by Gasteiger charge is -2.46. The number of rotatable bonds is 29. The molecule has 0 radical (unpaired) electrons. The lowest BCUT2D eigenvalue weighted by molar-refractivity contribution is -0.359. The zero-order chi connectivity index (χ0) is 40.4. The third kappa shape index (κ3) is 18.6. The fourth-order valence-corrected chi connectivity index (χ4v) is 6.54. The zero-order valence-corrected chi connectivity index (χ0v) is 33.2. The highest BCUT2D eigenvalue weighted by Gasteiger charge is 2.50. The third-order valence-electron chi connectivity index (χ3n) is 10.0. The molecule has 2 heterocycles. The van der Waals surface area contributed by atoms with Crippen molar-refractivity contribution in [1.29, 1.82) is 0 Å². The first kappa shape index (κ1) is 49.4. The van der Waals surface area contributed by atoms with Crippen molar-refractivity contribution in [3.05, 3.63) is 36.5 Å². The van der Waals surface area contributed by atoms with Crippen LogP contribution in [0.15, 0.2) is 36.5 Å². The maximum atomic E-state index is 13.0. The molecule has 55 heavy (non-hydrogen) atoms. The summed E-state index contributed by atoms with van der Waals surface area (Å²) in [4.78, 5) is 13.0. The summed E-state index contributed by atoms with van der Waals surface area (Å²) >= 11 is 0. The van der Waals surface area contributed by atoms with Crippen molar-refractivity contribution in [2.45, 2.75) is 197 Å². The van der Waals surface area contributed by atoms with Gasteiger partial charge in [0.05, 0.1) is 32.0 Å². The third-order valence-corrected chi connectivity index (χ3v) is 10.0. The van der Waals surface area contributed by atoms with Crippen molar-refractivity contribution in [1.82, 2.24) is 5.32 Å². The van der Waals surface area contributed by atoms with Crippen molar-refractivity contribution in [3.8, 4) is 0 Å². The van der Waals surface area contributed by atoms with Gasteiger partial charge in [0, 0.05) is 6.42 Å². The Balaban J connectivity index is 1.97. The van der Waals surface area contributed by atoms with Gasteiger partial charge in [-0.05, 0) is 51.4 Å². The second-order valence-electron chi connectivity index (χ2n) is 14.7. The average molecular weight is 788 g/mol. The van der Waals surface area contributed by atoms with Crippen LogP contribution in [0.4, 0.5) is 0 Å². The van der Waals surface area contributed by atoms with Crippen LogP contribution in [-0.4, -0.2) is 140 Å². The molecular weight excluding hydrogens is 714 g/mol. The molecule has 12 unspecified atom stereocenters. The zero-order valence-electron chi connectivity index (χ0n) is 33.2. The van der Waals surface area contributed by atoms with Gasteiger partial charge in [-0.3, -0.25) is 4.79 Å². The molecule has 320 valence electrons. The van der Waals surface area contributed by atoms with Crippen LogP contribution in [0, 0.1) is 0 Å². The summed E-state index contributed by atoms with van der Waals surface area (Å²) in [6, 6.07) is -0.930. The quantitative estimate of drug-likeness (QED) is 0.0393. The van der Waals surface area contributed by atoms with Crippen molar-refractivity contribution in [2.75, 3.05) is 19.8 Å². The molecule has 0 spiro atoms. The van der Waals surface area contributed by atoms with Gasteiger partial charge in [-0.15, -0.1) is 0 Å². The van der Waals surface area contributed by atoms with Gasteiger partial charge in [0.2, 0.25) is 5.91 Å². The molecule has 9 N–H and O–H groups in total. The lowest BCUT2D eigenvalue weighted by atomic mass is 9.97. The van der Waals surface area contributed by atoms with Crippen LogP contribution in [0.3, 0.4) is 0 Å². The molecule has 0 aromatic rings. The average Bonchev–Trinajstić information content (AvgIpc) is 3.18. The van der Waals surface area contributed by atoms with E-state index in [2.05, 4.69) is 43.5 Å². The minimum absolute atomic E-state index is 0.261. The van der Waals surface area contributed by atoms with Gasteiger partial charge in [0.1, 0.15) is 48.8 Å². The first-order chi connectivity index (χ1) is 26.6. The monoisotopic (exact) mass is 788 g/mol. The van der Waals surface area contributed by atoms with E-state index in [0.717, 1.165) is 57.8 Å². The van der Waals surface area contributed by atoms with E-state index in [4.69, 9.17) is 18.9 Å². The smallest absolute Gasteiger partial charge is 0.220 e. The first-order valence-corrected chi connectivity index (χ1v) is 20.7. The number of carbonyl (C=O) groups excluding carboxylic acids is 1. The van der Waals surface area contributed by atoms with Crippen LogP contribution in [0.25, 0.3) is 0 Å². The number of hydrogen-bond acceptors (Lipinski definition) is 13. The molecular formula is C41H73NO13. The molecule has 0 aromatic heterocycles. The summed E-state index contributed by atoms with van der Waals surface area (Å²) in [6.45, 7) is 2.61. The van der Waals surface area contributed by atoms with Gasteiger partial charge >= 0.3 is 0 Å². The Morgan fingerprint density at radius 2 is 1.20 bits per heavy atom. The van der Waals surface area contributed by atoms with E-state index in [1.165, 1.54) is 32.1 Å². The molecule has 2 saturated heterocycles. The fourth-order valence-electron chi connectivity index (χ4n) is 6.54. The standard InChI is InChI=1S/C41H73NO13/c1-3-5-7-9-11-13-15-16-18-20-22-24-30(45)29(42-33(46)25-23-21-19-17-14-12-10-8-6-4-2)28-52-40-38(51)36(49)39(32(27-44)54-40)55-41-37(50)35(48)34(47)31(26-43)53-41/h8,10,15-16,22,24,29-32,34-41,43-45,47-51H,3-7,9,11-14,17-21,23,25-28H2,1-2H3,(H,42,46)/b10-8-,16-15+,24-22+. The van der Waals surface area contributed by atoms with E-state index in [-0.39, 0.29) is 18.9 Å². The van der Waals surface area contributed by atoms with E-state index in [1.54, 1.807) is 6.08 Å². The van der Waals surface area contributed by atoms with Gasteiger partial charge in [-0.2, -0.15) is 0 Å². The van der Waals surface area contributed by atoms with Crippen molar-refractivity contribution < 1.29 is 64.6 Å². The van der Waals surface area contributed by atoms with Crippen LogP contribution < -0.4 is 5.32 Å². The summed E-state index contributed by atoms with van der Waals surface area (Å²) in [6.07, 6.45) is 12.2. The largest absolute Gasteiger partial charge is 0.394 e. The van der Waals surface area contributed by atoms with Crippen LogP contribution >= 0.6 is 0 Å². The number of aliphatic hydroxyl groups is 8. The predicted octanol–water partition coefficient (Wildman–Crippen LogP) is 2.81. The number of amides is 1. The Morgan fingerprint density at radius 3 is 1.85 bits per heavy atom. The molecule has 0 bridgehead atoms. The second-order valence-corrected chi connectivity index (χ2v) is 14.7. The number of aliphatic hydroxyl groups excluding tert-OH is 8. The number of unbranched alkanes of at least 4 members (excludes halogenated alkanes) is 12. The number of ether oxygens (including phenoxy) is 4. The maximum absolute atomic E-state index is 13.0. The molecule has 0 aliphatic carbocycles. The second kappa shape index (κ2) is 29.4. The van der Waals surface area contributed by atoms with Crippen LogP contribution in [-0.2, 0) is 23.7 Å². The molecule has 12 atom stereocenters. The number of hydrogen-bond donors (Lipinski definition) is 9. The summed E-state index contributed by atoms with van der Waals surface area (Å²) in [7, 11) is 0. The minimum atomic E-state index is -1.79. The number of carbonyl (C=O) groups is 1. The van der Waals surface area contributed by atoms with E-state index in [0.29, 0.717) is 12.8 Å². The van der Waals surface area contributed by atoms with Gasteiger partial charge in [-0.1, -0.05) is 102 Å². The summed E-state index contributed by atoms with van der Waals surface area (Å²) < 4.78 is 22.5. The van der Waals surface area contributed by atoms with Crippen LogP contribution in [0.2, 0.25) is 0 Å². The van der Waals surface area contributed by atoms with Gasteiger partial charge in [0.25, 0.3) is 0 Å². The molecule has 14 nitrogen and oxygen atoms in total.